The third-order valence-corrected chi connectivity index (χ3v) is 5.26. The summed E-state index contributed by atoms with van der Waals surface area (Å²) in [7, 11) is 0. The molecule has 0 saturated carbocycles. The Morgan fingerprint density at radius 3 is 1.75 bits per heavy atom. The molecule has 0 aromatic rings. The van der Waals surface area contributed by atoms with Crippen molar-refractivity contribution in [1.29, 1.82) is 0 Å². The molecule has 0 heterocycles. The molecule has 208 valence electrons. The number of carboxylic acid groups (broad SMARTS) is 1. The van der Waals surface area contributed by atoms with E-state index in [1.807, 2.05) is 0 Å². The summed E-state index contributed by atoms with van der Waals surface area (Å²) in [6.45, 7) is 0.241. The largest absolute Gasteiger partial charge is 0.480 e. The predicted molar refractivity (Wildman–Crippen MR) is 134 cm³/mol. The number of amides is 3. The maximum Gasteiger partial charge on any atom is 0.326 e. The van der Waals surface area contributed by atoms with Crippen molar-refractivity contribution in [3.8, 4) is 0 Å². The third kappa shape index (κ3) is 14.4. The standard InChI is InChI=1S/C21H43N9O6/c22-9-3-1-6-13(24)17(32)28-14(7-2-4-10-23)18(33)30-16(12-31)19(34)29-15(20(35)36)8-5-11-27-21(25)26/h13-16,31H,1-12,22-24H2,(H,28,32)(H,29,34)(H,30,33)(H,35,36)(H4,25,26,27). The molecule has 0 spiro atoms. The van der Waals surface area contributed by atoms with E-state index >= 15 is 0 Å². The molecule has 0 rings (SSSR count). The lowest BCUT2D eigenvalue weighted by molar-refractivity contribution is -0.142. The molecule has 15 N–H and O–H groups in total. The van der Waals surface area contributed by atoms with Gasteiger partial charge in [-0.05, 0) is 58.0 Å². The molecular formula is C21H43N9O6. The summed E-state index contributed by atoms with van der Waals surface area (Å²) in [5.41, 5.74) is 27.3. The van der Waals surface area contributed by atoms with E-state index in [1.54, 1.807) is 0 Å². The number of guanidine groups is 1. The fourth-order valence-corrected chi connectivity index (χ4v) is 3.18. The topological polar surface area (TPSA) is 287 Å². The van der Waals surface area contributed by atoms with E-state index in [9.17, 15) is 29.4 Å². The van der Waals surface area contributed by atoms with E-state index < -0.39 is 54.5 Å². The smallest absolute Gasteiger partial charge is 0.326 e. The summed E-state index contributed by atoms with van der Waals surface area (Å²) < 4.78 is 0. The van der Waals surface area contributed by atoms with Gasteiger partial charge in [0, 0.05) is 6.54 Å². The molecular weight excluding hydrogens is 474 g/mol. The number of aliphatic imine (C=N–C) groups is 1. The molecule has 4 atom stereocenters. The van der Waals surface area contributed by atoms with Crippen LogP contribution >= 0.6 is 0 Å². The number of aliphatic carboxylic acids is 1. The lowest BCUT2D eigenvalue weighted by atomic mass is 10.1. The first-order valence-corrected chi connectivity index (χ1v) is 12.0. The van der Waals surface area contributed by atoms with Gasteiger partial charge in [-0.15, -0.1) is 0 Å². The first-order chi connectivity index (χ1) is 17.1. The number of hydrogen-bond donors (Lipinski definition) is 10. The Labute approximate surface area is 211 Å². The quantitative estimate of drug-likeness (QED) is 0.0423. The summed E-state index contributed by atoms with van der Waals surface area (Å²) in [6.07, 6.45) is 3.39. The fourth-order valence-electron chi connectivity index (χ4n) is 3.18. The van der Waals surface area contributed by atoms with Crippen molar-refractivity contribution in [1.82, 2.24) is 16.0 Å². The van der Waals surface area contributed by atoms with Gasteiger partial charge < -0.3 is 54.8 Å². The number of aliphatic hydroxyl groups is 1. The van der Waals surface area contributed by atoms with Crippen molar-refractivity contribution in [3.63, 3.8) is 0 Å². The Kier molecular flexibility index (Phi) is 17.6. The van der Waals surface area contributed by atoms with Crippen LogP contribution in [-0.2, 0) is 19.2 Å². The highest BCUT2D eigenvalue weighted by molar-refractivity contribution is 5.94. The summed E-state index contributed by atoms with van der Waals surface area (Å²) >= 11 is 0. The molecule has 4 unspecified atom stereocenters. The lowest BCUT2D eigenvalue weighted by Gasteiger charge is -2.24. The van der Waals surface area contributed by atoms with Crippen molar-refractivity contribution in [2.45, 2.75) is 75.5 Å². The second kappa shape index (κ2) is 19.2. The Balaban J connectivity index is 5.16. The van der Waals surface area contributed by atoms with Crippen LogP contribution in [0.4, 0.5) is 0 Å². The average Bonchev–Trinajstić information content (AvgIpc) is 2.83. The van der Waals surface area contributed by atoms with Gasteiger partial charge in [-0.1, -0.05) is 6.42 Å². The van der Waals surface area contributed by atoms with Crippen molar-refractivity contribution < 1.29 is 29.4 Å². The van der Waals surface area contributed by atoms with Crippen molar-refractivity contribution in [2.24, 2.45) is 33.7 Å². The van der Waals surface area contributed by atoms with Crippen LogP contribution in [0.2, 0.25) is 0 Å². The van der Waals surface area contributed by atoms with Crippen molar-refractivity contribution >= 4 is 29.7 Å². The van der Waals surface area contributed by atoms with Gasteiger partial charge in [0.25, 0.3) is 0 Å². The van der Waals surface area contributed by atoms with E-state index in [1.165, 1.54) is 0 Å². The zero-order chi connectivity index (χ0) is 27.5. The molecule has 15 heteroatoms. The number of aliphatic hydroxyl groups excluding tert-OH is 1. The minimum Gasteiger partial charge on any atom is -0.480 e. The molecule has 0 saturated heterocycles. The number of nitrogens with zero attached hydrogens (tertiary/aromatic N) is 1. The molecule has 0 aliphatic heterocycles. The van der Waals surface area contributed by atoms with Gasteiger partial charge in [-0.3, -0.25) is 19.4 Å². The molecule has 3 amide bonds. The average molecular weight is 518 g/mol. The van der Waals surface area contributed by atoms with Crippen LogP contribution in [0.3, 0.4) is 0 Å². The van der Waals surface area contributed by atoms with Crippen LogP contribution in [0, 0.1) is 0 Å². The van der Waals surface area contributed by atoms with Gasteiger partial charge in [-0.25, -0.2) is 4.79 Å². The highest BCUT2D eigenvalue weighted by Crippen LogP contribution is 2.05. The molecule has 0 aromatic heterocycles. The van der Waals surface area contributed by atoms with Gasteiger partial charge in [0.05, 0.1) is 12.6 Å². The Bertz CT molecular complexity index is 718. The summed E-state index contributed by atoms with van der Waals surface area (Å²) in [5.74, 6) is -3.59. The van der Waals surface area contributed by atoms with Gasteiger partial charge in [0.1, 0.15) is 18.1 Å². The van der Waals surface area contributed by atoms with Crippen LogP contribution in [0.15, 0.2) is 4.99 Å². The highest BCUT2D eigenvalue weighted by Gasteiger charge is 2.29. The summed E-state index contributed by atoms with van der Waals surface area (Å²) in [5, 5.41) is 26.3. The minimum absolute atomic E-state index is 0.0176. The van der Waals surface area contributed by atoms with E-state index in [-0.39, 0.29) is 31.8 Å². The maximum absolute atomic E-state index is 12.9. The zero-order valence-corrected chi connectivity index (χ0v) is 20.7. The van der Waals surface area contributed by atoms with E-state index in [4.69, 9.17) is 28.7 Å². The molecule has 0 aromatic carbocycles. The van der Waals surface area contributed by atoms with Gasteiger partial charge in [0.15, 0.2) is 5.96 Å². The van der Waals surface area contributed by atoms with Crippen molar-refractivity contribution in [3.05, 3.63) is 0 Å². The van der Waals surface area contributed by atoms with E-state index in [0.29, 0.717) is 45.2 Å². The molecule has 0 fully saturated rings. The number of carboxylic acids is 1. The number of hydrogen-bond acceptors (Lipinski definition) is 9. The van der Waals surface area contributed by atoms with E-state index in [0.717, 1.165) is 0 Å². The van der Waals surface area contributed by atoms with Crippen LogP contribution in [-0.4, -0.2) is 90.3 Å². The minimum atomic E-state index is -1.44. The second-order valence-electron chi connectivity index (χ2n) is 8.33. The SMILES string of the molecule is NCCCCC(N)C(=O)NC(CCCCN)C(=O)NC(CO)C(=O)NC(CCCN=C(N)N)C(=O)O. The van der Waals surface area contributed by atoms with Crippen LogP contribution in [0.5, 0.6) is 0 Å². The number of nitrogens with one attached hydrogen (secondary N) is 3. The first kappa shape index (κ1) is 33.0. The first-order valence-electron chi connectivity index (χ1n) is 12.0. The highest BCUT2D eigenvalue weighted by atomic mass is 16.4. The third-order valence-electron chi connectivity index (χ3n) is 5.26. The Morgan fingerprint density at radius 2 is 1.22 bits per heavy atom. The van der Waals surface area contributed by atoms with Crippen molar-refractivity contribution in [2.75, 3.05) is 26.2 Å². The molecule has 0 bridgehead atoms. The monoisotopic (exact) mass is 517 g/mol. The molecule has 15 nitrogen and oxygen atoms in total. The number of carbonyl (C=O) groups excluding carboxylic acids is 3. The summed E-state index contributed by atoms with van der Waals surface area (Å²) in [4.78, 5) is 53.2. The van der Waals surface area contributed by atoms with Gasteiger partial charge in [0.2, 0.25) is 17.7 Å². The Hall–Kier alpha value is -3.01. The van der Waals surface area contributed by atoms with Gasteiger partial charge >= 0.3 is 5.97 Å². The molecule has 0 aliphatic carbocycles. The normalized spacial score (nSPS) is 14.1. The van der Waals surface area contributed by atoms with Crippen LogP contribution in [0.25, 0.3) is 0 Å². The number of unbranched alkanes of at least 4 members (excludes halogenated alkanes) is 2. The second-order valence-corrected chi connectivity index (χ2v) is 8.33. The van der Waals surface area contributed by atoms with Gasteiger partial charge in [-0.2, -0.15) is 0 Å². The number of carbonyl (C=O) groups is 4. The number of nitrogens with two attached hydrogens (primary N) is 5. The molecule has 0 radical (unpaired) electrons. The lowest BCUT2D eigenvalue weighted by Crippen LogP contribution is -2.58. The Morgan fingerprint density at radius 1 is 0.722 bits per heavy atom. The summed E-state index contributed by atoms with van der Waals surface area (Å²) in [6, 6.07) is -4.59. The number of rotatable bonds is 20. The maximum atomic E-state index is 12.9. The molecule has 0 aliphatic rings. The zero-order valence-electron chi connectivity index (χ0n) is 20.7. The fraction of sp³-hybridized carbons (Fsp3) is 0.762. The van der Waals surface area contributed by atoms with Crippen LogP contribution in [0.1, 0.15) is 51.4 Å². The molecule has 36 heavy (non-hydrogen) atoms. The van der Waals surface area contributed by atoms with Crippen LogP contribution < -0.4 is 44.6 Å². The van der Waals surface area contributed by atoms with E-state index in [2.05, 4.69) is 20.9 Å². The predicted octanol–water partition coefficient (Wildman–Crippen LogP) is -3.84.